The summed E-state index contributed by atoms with van der Waals surface area (Å²) in [6, 6.07) is 2.10. The molecule has 0 aliphatic carbocycles. The van der Waals surface area contributed by atoms with Gasteiger partial charge in [-0.2, -0.15) is 0 Å². The summed E-state index contributed by atoms with van der Waals surface area (Å²) in [5.41, 5.74) is 2.27. The van der Waals surface area contributed by atoms with Crippen molar-refractivity contribution in [2.24, 2.45) is 0 Å². The zero-order valence-electron chi connectivity index (χ0n) is 11.7. The number of aryl methyl sites for hydroxylation is 2. The minimum atomic E-state index is 0.817. The molecule has 0 aromatic carbocycles. The van der Waals surface area contributed by atoms with Gasteiger partial charge in [-0.05, 0) is 49.2 Å². The summed E-state index contributed by atoms with van der Waals surface area (Å²) < 4.78 is 1.12. The van der Waals surface area contributed by atoms with E-state index in [9.17, 15) is 0 Å². The standard InChI is InChI=1S/C14H18BrN3S/c1-5-11-8(3)13(16-6-2)18-14(17-11)12-7-10(15)9(4)19-12/h7H,5-6H2,1-4H3,(H,16,17,18). The predicted molar refractivity (Wildman–Crippen MR) is 86.1 cm³/mol. The van der Waals surface area contributed by atoms with Crippen molar-refractivity contribution >= 4 is 33.1 Å². The van der Waals surface area contributed by atoms with E-state index in [1.165, 1.54) is 4.88 Å². The van der Waals surface area contributed by atoms with Gasteiger partial charge >= 0.3 is 0 Å². The van der Waals surface area contributed by atoms with Crippen molar-refractivity contribution in [2.45, 2.75) is 34.1 Å². The number of nitrogens with one attached hydrogen (secondary N) is 1. The second kappa shape index (κ2) is 6.01. The zero-order valence-corrected chi connectivity index (χ0v) is 14.1. The van der Waals surface area contributed by atoms with Gasteiger partial charge in [-0.25, -0.2) is 9.97 Å². The van der Waals surface area contributed by atoms with Gasteiger partial charge in [0.05, 0.1) is 4.88 Å². The maximum absolute atomic E-state index is 4.70. The fourth-order valence-electron chi connectivity index (χ4n) is 1.93. The topological polar surface area (TPSA) is 37.8 Å². The molecule has 0 saturated carbocycles. The van der Waals surface area contributed by atoms with Crippen LogP contribution in [0.4, 0.5) is 5.82 Å². The van der Waals surface area contributed by atoms with Gasteiger partial charge in [0.15, 0.2) is 5.82 Å². The van der Waals surface area contributed by atoms with Crippen LogP contribution in [0.5, 0.6) is 0 Å². The minimum Gasteiger partial charge on any atom is -0.370 e. The largest absolute Gasteiger partial charge is 0.370 e. The number of aromatic nitrogens is 2. The van der Waals surface area contributed by atoms with E-state index in [-0.39, 0.29) is 0 Å². The van der Waals surface area contributed by atoms with E-state index in [1.807, 2.05) is 0 Å². The van der Waals surface area contributed by atoms with Crippen LogP contribution in [-0.4, -0.2) is 16.5 Å². The monoisotopic (exact) mass is 339 g/mol. The Morgan fingerprint density at radius 1 is 1.26 bits per heavy atom. The van der Waals surface area contributed by atoms with E-state index < -0.39 is 0 Å². The first-order chi connectivity index (χ1) is 9.06. The van der Waals surface area contributed by atoms with E-state index in [2.05, 4.69) is 60.0 Å². The number of hydrogen-bond donors (Lipinski definition) is 1. The summed E-state index contributed by atoms with van der Waals surface area (Å²) in [6.07, 6.45) is 0.922. The predicted octanol–water partition coefficient (Wildman–Crippen LogP) is 4.58. The Bertz CT molecular complexity index is 573. The SMILES string of the molecule is CCNc1nc(-c2cc(Br)c(C)s2)nc(CC)c1C. The van der Waals surface area contributed by atoms with Crippen LogP contribution in [0.2, 0.25) is 0 Å². The lowest BCUT2D eigenvalue weighted by atomic mass is 10.2. The van der Waals surface area contributed by atoms with Crippen molar-refractivity contribution in [2.75, 3.05) is 11.9 Å². The first kappa shape index (κ1) is 14.5. The van der Waals surface area contributed by atoms with Gasteiger partial charge in [-0.1, -0.05) is 6.92 Å². The van der Waals surface area contributed by atoms with Gasteiger partial charge in [-0.15, -0.1) is 11.3 Å². The van der Waals surface area contributed by atoms with Crippen LogP contribution in [0.15, 0.2) is 10.5 Å². The molecule has 1 N–H and O–H groups in total. The van der Waals surface area contributed by atoms with E-state index in [1.54, 1.807) is 11.3 Å². The van der Waals surface area contributed by atoms with Crippen LogP contribution in [0.25, 0.3) is 10.7 Å². The zero-order chi connectivity index (χ0) is 14.0. The molecule has 0 unspecified atom stereocenters. The second-order valence-electron chi connectivity index (χ2n) is 4.37. The molecule has 0 atom stereocenters. The Kier molecular flexibility index (Phi) is 4.58. The van der Waals surface area contributed by atoms with Crippen LogP contribution >= 0.6 is 27.3 Å². The summed E-state index contributed by atoms with van der Waals surface area (Å²) >= 11 is 5.27. The van der Waals surface area contributed by atoms with Crippen molar-refractivity contribution in [3.8, 4) is 10.7 Å². The molecule has 0 aliphatic rings. The summed E-state index contributed by atoms with van der Waals surface area (Å²) in [6.45, 7) is 9.26. The van der Waals surface area contributed by atoms with E-state index in [0.29, 0.717) is 0 Å². The quantitative estimate of drug-likeness (QED) is 0.885. The van der Waals surface area contributed by atoms with Crippen LogP contribution in [0, 0.1) is 13.8 Å². The van der Waals surface area contributed by atoms with Crippen molar-refractivity contribution in [1.82, 2.24) is 9.97 Å². The van der Waals surface area contributed by atoms with Gasteiger partial charge in [-0.3, -0.25) is 0 Å². The van der Waals surface area contributed by atoms with E-state index >= 15 is 0 Å². The average Bonchev–Trinajstić information content (AvgIpc) is 2.72. The molecular weight excluding hydrogens is 322 g/mol. The van der Waals surface area contributed by atoms with Crippen molar-refractivity contribution in [3.63, 3.8) is 0 Å². The molecule has 0 radical (unpaired) electrons. The average molecular weight is 340 g/mol. The molecule has 0 saturated heterocycles. The van der Waals surface area contributed by atoms with Crippen LogP contribution < -0.4 is 5.32 Å². The fraction of sp³-hybridized carbons (Fsp3) is 0.429. The molecule has 0 fully saturated rings. The Morgan fingerprint density at radius 2 is 2.00 bits per heavy atom. The summed E-state index contributed by atoms with van der Waals surface area (Å²) in [5, 5.41) is 3.32. The first-order valence-electron chi connectivity index (χ1n) is 6.44. The van der Waals surface area contributed by atoms with Gasteiger partial charge < -0.3 is 5.32 Å². The molecule has 2 rings (SSSR count). The number of hydrogen-bond acceptors (Lipinski definition) is 4. The van der Waals surface area contributed by atoms with Crippen molar-refractivity contribution < 1.29 is 0 Å². The first-order valence-corrected chi connectivity index (χ1v) is 8.05. The number of halogens is 1. The van der Waals surface area contributed by atoms with Crippen LogP contribution in [0.3, 0.4) is 0 Å². The lowest BCUT2D eigenvalue weighted by Gasteiger charge is -2.11. The number of thiophene rings is 1. The number of nitrogens with zero attached hydrogens (tertiary/aromatic N) is 2. The van der Waals surface area contributed by atoms with Crippen LogP contribution in [0.1, 0.15) is 30.0 Å². The third-order valence-electron chi connectivity index (χ3n) is 3.00. The van der Waals surface area contributed by atoms with Crippen LogP contribution in [-0.2, 0) is 6.42 Å². The van der Waals surface area contributed by atoms with E-state index in [4.69, 9.17) is 4.98 Å². The third-order valence-corrected chi connectivity index (χ3v) is 5.14. The molecule has 0 spiro atoms. The van der Waals surface area contributed by atoms with Crippen molar-refractivity contribution in [3.05, 3.63) is 26.7 Å². The van der Waals surface area contributed by atoms with Gasteiger partial charge in [0, 0.05) is 27.2 Å². The molecule has 2 aromatic heterocycles. The molecule has 2 aromatic rings. The highest BCUT2D eigenvalue weighted by Gasteiger charge is 2.13. The second-order valence-corrected chi connectivity index (χ2v) is 6.48. The molecule has 3 nitrogen and oxygen atoms in total. The minimum absolute atomic E-state index is 0.817. The number of anilines is 1. The lowest BCUT2D eigenvalue weighted by molar-refractivity contribution is 0.972. The maximum Gasteiger partial charge on any atom is 0.171 e. The highest BCUT2D eigenvalue weighted by atomic mass is 79.9. The maximum atomic E-state index is 4.70. The Morgan fingerprint density at radius 3 is 2.53 bits per heavy atom. The lowest BCUT2D eigenvalue weighted by Crippen LogP contribution is -2.07. The van der Waals surface area contributed by atoms with Gasteiger partial charge in [0.25, 0.3) is 0 Å². The Hall–Kier alpha value is -0.940. The fourth-order valence-corrected chi connectivity index (χ4v) is 3.40. The molecule has 0 bridgehead atoms. The normalized spacial score (nSPS) is 10.8. The highest BCUT2D eigenvalue weighted by molar-refractivity contribution is 9.10. The highest BCUT2D eigenvalue weighted by Crippen LogP contribution is 2.33. The Balaban J connectivity index is 2.54. The van der Waals surface area contributed by atoms with Gasteiger partial charge in [0.1, 0.15) is 5.82 Å². The molecule has 102 valence electrons. The molecule has 2 heterocycles. The molecule has 19 heavy (non-hydrogen) atoms. The summed E-state index contributed by atoms with van der Waals surface area (Å²) in [5.74, 6) is 1.77. The molecule has 0 amide bonds. The summed E-state index contributed by atoms with van der Waals surface area (Å²) in [7, 11) is 0. The van der Waals surface area contributed by atoms with Gasteiger partial charge in [0.2, 0.25) is 0 Å². The summed E-state index contributed by atoms with van der Waals surface area (Å²) in [4.78, 5) is 11.7. The Labute approximate surface area is 126 Å². The molecular formula is C14H18BrN3S. The van der Waals surface area contributed by atoms with Crippen molar-refractivity contribution in [1.29, 1.82) is 0 Å². The molecule has 5 heteroatoms. The number of rotatable bonds is 4. The third kappa shape index (κ3) is 2.98. The molecule has 0 aliphatic heterocycles. The van der Waals surface area contributed by atoms with E-state index in [0.717, 1.165) is 45.2 Å². The smallest absolute Gasteiger partial charge is 0.171 e.